The van der Waals surface area contributed by atoms with E-state index in [0.717, 1.165) is 25.7 Å². The number of anilines is 2. The number of nitrogens with one attached hydrogen (secondary N) is 1. The summed E-state index contributed by atoms with van der Waals surface area (Å²) in [6.45, 7) is 5.58. The third-order valence-corrected chi connectivity index (χ3v) is 6.58. The second-order valence-electron chi connectivity index (χ2n) is 10.1. The number of halogens is 2. The topological polar surface area (TPSA) is 85.8 Å². The highest BCUT2D eigenvalue weighted by atomic mass is 35.5. The van der Waals surface area contributed by atoms with E-state index in [4.69, 9.17) is 25.8 Å². The van der Waals surface area contributed by atoms with Gasteiger partial charge in [-0.3, -0.25) is 0 Å². The molecular formula is C27H32ClFN4O4. The normalized spacial score (nSPS) is 17.8. The second-order valence-corrected chi connectivity index (χ2v) is 10.5. The van der Waals surface area contributed by atoms with E-state index in [-0.39, 0.29) is 28.9 Å². The summed E-state index contributed by atoms with van der Waals surface area (Å²) >= 11 is 5.93. The third-order valence-electron chi connectivity index (χ3n) is 6.29. The SMILES string of the molecule is COc1cc2ncnc(Nc3cccc(Cl)c3F)c2cc1O[C@H]1CC[C@@H](N(C)C(=O)OC(C)(C)C)CC1. The number of methoxy groups -OCH3 is 1. The first-order chi connectivity index (χ1) is 17.6. The third kappa shape index (κ3) is 6.33. The number of fused-ring (bicyclic) bond motifs is 1. The lowest BCUT2D eigenvalue weighted by Crippen LogP contribution is -2.43. The monoisotopic (exact) mass is 530 g/mol. The van der Waals surface area contributed by atoms with Gasteiger partial charge in [0.2, 0.25) is 0 Å². The number of nitrogens with zero attached hydrogens (tertiary/aromatic N) is 3. The molecule has 10 heteroatoms. The van der Waals surface area contributed by atoms with Crippen LogP contribution in [0.1, 0.15) is 46.5 Å². The van der Waals surface area contributed by atoms with Gasteiger partial charge in [-0.1, -0.05) is 17.7 Å². The predicted octanol–water partition coefficient (Wildman–Crippen LogP) is 6.73. The molecule has 4 rings (SSSR count). The van der Waals surface area contributed by atoms with Gasteiger partial charge in [0.25, 0.3) is 0 Å². The average molecular weight is 531 g/mol. The van der Waals surface area contributed by atoms with Gasteiger partial charge in [0, 0.05) is 24.5 Å². The molecule has 0 unspecified atom stereocenters. The van der Waals surface area contributed by atoms with Crippen molar-refractivity contribution in [2.75, 3.05) is 19.5 Å². The minimum atomic E-state index is -0.561. The Hall–Kier alpha value is -3.33. The number of amides is 1. The highest BCUT2D eigenvalue weighted by molar-refractivity contribution is 6.31. The summed E-state index contributed by atoms with van der Waals surface area (Å²) < 4.78 is 31.9. The number of ether oxygens (including phenoxy) is 3. The first-order valence-electron chi connectivity index (χ1n) is 12.2. The summed E-state index contributed by atoms with van der Waals surface area (Å²) in [6, 6.07) is 8.39. The Morgan fingerprint density at radius 2 is 1.86 bits per heavy atom. The molecule has 1 heterocycles. The first-order valence-corrected chi connectivity index (χ1v) is 12.6. The van der Waals surface area contributed by atoms with Crippen molar-refractivity contribution in [1.82, 2.24) is 14.9 Å². The molecule has 198 valence electrons. The van der Waals surface area contributed by atoms with Crippen molar-refractivity contribution in [1.29, 1.82) is 0 Å². The van der Waals surface area contributed by atoms with E-state index in [2.05, 4.69) is 15.3 Å². The van der Waals surface area contributed by atoms with Crippen molar-refractivity contribution in [3.63, 3.8) is 0 Å². The van der Waals surface area contributed by atoms with Gasteiger partial charge in [-0.25, -0.2) is 19.2 Å². The molecule has 2 aromatic carbocycles. The summed E-state index contributed by atoms with van der Waals surface area (Å²) in [5.41, 5.74) is 0.291. The second kappa shape index (κ2) is 11.0. The fraction of sp³-hybridized carbons (Fsp3) is 0.444. The van der Waals surface area contributed by atoms with Crippen molar-refractivity contribution >= 4 is 40.1 Å². The zero-order chi connectivity index (χ0) is 26.7. The molecule has 3 aromatic rings. The number of rotatable bonds is 6. The van der Waals surface area contributed by atoms with Crippen molar-refractivity contribution < 1.29 is 23.4 Å². The van der Waals surface area contributed by atoms with E-state index in [1.165, 1.54) is 12.4 Å². The lowest BCUT2D eigenvalue weighted by atomic mass is 9.92. The largest absolute Gasteiger partial charge is 0.493 e. The molecule has 0 spiro atoms. The number of carbonyl (C=O) groups excluding carboxylic acids is 1. The molecule has 1 aliphatic carbocycles. The van der Waals surface area contributed by atoms with Crippen LogP contribution in [0.15, 0.2) is 36.7 Å². The van der Waals surface area contributed by atoms with E-state index in [1.807, 2.05) is 20.8 Å². The molecule has 8 nitrogen and oxygen atoms in total. The summed E-state index contributed by atoms with van der Waals surface area (Å²) in [4.78, 5) is 22.8. The number of hydrogen-bond acceptors (Lipinski definition) is 7. The van der Waals surface area contributed by atoms with Crippen LogP contribution in [0.25, 0.3) is 10.9 Å². The van der Waals surface area contributed by atoms with Gasteiger partial charge in [0.1, 0.15) is 17.7 Å². The maximum absolute atomic E-state index is 14.5. The zero-order valence-corrected chi connectivity index (χ0v) is 22.4. The Morgan fingerprint density at radius 1 is 1.14 bits per heavy atom. The zero-order valence-electron chi connectivity index (χ0n) is 21.7. The number of hydrogen-bond donors (Lipinski definition) is 1. The van der Waals surface area contributed by atoms with Gasteiger partial charge in [-0.15, -0.1) is 0 Å². The van der Waals surface area contributed by atoms with Crippen LogP contribution in [0.2, 0.25) is 5.02 Å². The first kappa shape index (κ1) is 26.7. The Bertz CT molecular complexity index is 1280. The Morgan fingerprint density at radius 3 is 2.54 bits per heavy atom. The van der Waals surface area contributed by atoms with Crippen LogP contribution in [-0.4, -0.2) is 52.9 Å². The number of aromatic nitrogens is 2. The highest BCUT2D eigenvalue weighted by Gasteiger charge is 2.30. The Kier molecular flexibility index (Phi) is 7.92. The molecule has 0 saturated heterocycles. The smallest absolute Gasteiger partial charge is 0.410 e. The fourth-order valence-corrected chi connectivity index (χ4v) is 4.53. The Balaban J connectivity index is 1.50. The van der Waals surface area contributed by atoms with Crippen molar-refractivity contribution in [3.8, 4) is 11.5 Å². The van der Waals surface area contributed by atoms with E-state index in [0.29, 0.717) is 28.2 Å². The number of carbonyl (C=O) groups is 1. The van der Waals surface area contributed by atoms with E-state index >= 15 is 0 Å². The molecular weight excluding hydrogens is 499 g/mol. The van der Waals surface area contributed by atoms with Crippen LogP contribution in [0.4, 0.5) is 20.7 Å². The maximum atomic E-state index is 14.5. The average Bonchev–Trinajstić information content (AvgIpc) is 2.85. The molecule has 1 amide bonds. The molecule has 1 aromatic heterocycles. The van der Waals surface area contributed by atoms with Crippen LogP contribution >= 0.6 is 11.6 Å². The van der Waals surface area contributed by atoms with E-state index < -0.39 is 11.4 Å². The summed E-state index contributed by atoms with van der Waals surface area (Å²) in [6.07, 6.45) is 4.15. The van der Waals surface area contributed by atoms with Crippen LogP contribution in [0.3, 0.4) is 0 Å². The number of benzene rings is 2. The van der Waals surface area contributed by atoms with Gasteiger partial charge in [0.15, 0.2) is 17.3 Å². The molecule has 0 bridgehead atoms. The lowest BCUT2D eigenvalue weighted by Gasteiger charge is -2.35. The van der Waals surface area contributed by atoms with Gasteiger partial charge in [-0.2, -0.15) is 0 Å². The van der Waals surface area contributed by atoms with Crippen molar-refractivity contribution in [3.05, 3.63) is 47.5 Å². The van der Waals surface area contributed by atoms with Crippen LogP contribution in [0, 0.1) is 5.82 Å². The van der Waals surface area contributed by atoms with Crippen LogP contribution in [-0.2, 0) is 4.74 Å². The van der Waals surface area contributed by atoms with Gasteiger partial charge in [-0.05, 0) is 64.7 Å². The molecule has 1 fully saturated rings. The maximum Gasteiger partial charge on any atom is 0.410 e. The molecule has 1 saturated carbocycles. The minimum Gasteiger partial charge on any atom is -0.493 e. The van der Waals surface area contributed by atoms with E-state index in [1.54, 1.807) is 43.3 Å². The standard InChI is InChI=1S/C27H32ClFN4O4/c1-27(2,3)37-26(34)33(4)16-9-11-17(12-10-16)36-23-13-18-21(14-22(23)35-5)30-15-31-25(18)32-20-8-6-7-19(28)24(20)29/h6-8,13-17H,9-12H2,1-5H3,(H,30,31,32)/t16-,17+. The van der Waals surface area contributed by atoms with E-state index in [9.17, 15) is 9.18 Å². The quantitative estimate of drug-likeness (QED) is 0.378. The predicted molar refractivity (Wildman–Crippen MR) is 141 cm³/mol. The Labute approximate surface area is 221 Å². The summed E-state index contributed by atoms with van der Waals surface area (Å²) in [5.74, 6) is 0.942. The molecule has 0 aliphatic heterocycles. The lowest BCUT2D eigenvalue weighted by molar-refractivity contribution is 0.0138. The minimum absolute atomic E-state index is 0.0157. The van der Waals surface area contributed by atoms with Crippen molar-refractivity contribution in [2.45, 2.75) is 64.2 Å². The summed E-state index contributed by atoms with van der Waals surface area (Å²) in [7, 11) is 3.35. The van der Waals surface area contributed by atoms with Crippen LogP contribution in [0.5, 0.6) is 11.5 Å². The van der Waals surface area contributed by atoms with Crippen molar-refractivity contribution in [2.24, 2.45) is 0 Å². The molecule has 1 aliphatic rings. The molecule has 0 atom stereocenters. The molecule has 0 radical (unpaired) electrons. The summed E-state index contributed by atoms with van der Waals surface area (Å²) in [5, 5.41) is 3.68. The van der Waals surface area contributed by atoms with Gasteiger partial charge in [0.05, 0.1) is 29.4 Å². The van der Waals surface area contributed by atoms with Gasteiger partial charge < -0.3 is 24.4 Å². The highest BCUT2D eigenvalue weighted by Crippen LogP contribution is 2.37. The fourth-order valence-electron chi connectivity index (χ4n) is 4.36. The molecule has 37 heavy (non-hydrogen) atoms. The molecule has 1 N–H and O–H groups in total. The van der Waals surface area contributed by atoms with Gasteiger partial charge >= 0.3 is 6.09 Å². The van der Waals surface area contributed by atoms with Crippen LogP contribution < -0.4 is 14.8 Å².